The van der Waals surface area contributed by atoms with Gasteiger partial charge in [0.15, 0.2) is 5.65 Å². The van der Waals surface area contributed by atoms with Crippen LogP contribution in [0.15, 0.2) is 46.2 Å². The van der Waals surface area contributed by atoms with E-state index in [1.807, 2.05) is 20.0 Å². The third kappa shape index (κ3) is 4.85. The van der Waals surface area contributed by atoms with E-state index in [0.29, 0.717) is 68.1 Å². The van der Waals surface area contributed by atoms with E-state index in [-0.39, 0.29) is 28.9 Å². The highest BCUT2D eigenvalue weighted by Crippen LogP contribution is 2.23. The fourth-order valence-corrected chi connectivity index (χ4v) is 4.94. The quantitative estimate of drug-likeness (QED) is 0.375. The van der Waals surface area contributed by atoms with E-state index < -0.39 is 0 Å². The first-order chi connectivity index (χ1) is 17.9. The Morgan fingerprint density at radius 3 is 2.51 bits per heavy atom. The van der Waals surface area contributed by atoms with Gasteiger partial charge in [-0.2, -0.15) is 5.10 Å². The van der Waals surface area contributed by atoms with Gasteiger partial charge in [-0.1, -0.05) is 26.0 Å². The topological polar surface area (TPSA) is 111 Å². The van der Waals surface area contributed by atoms with Gasteiger partial charge in [-0.3, -0.25) is 23.4 Å². The number of aromatic amines is 1. The molecule has 0 aliphatic carbocycles. The Hall–Kier alpha value is -4.02. The molecule has 1 aliphatic heterocycles. The van der Waals surface area contributed by atoms with Crippen molar-refractivity contribution < 1.29 is 9.18 Å². The smallest absolute Gasteiger partial charge is 0.332 e. The van der Waals surface area contributed by atoms with Crippen LogP contribution in [0.1, 0.15) is 38.7 Å². The van der Waals surface area contributed by atoms with Crippen molar-refractivity contribution in [3.8, 4) is 11.4 Å². The predicted octanol–water partition coefficient (Wildman–Crippen LogP) is 2.76. The summed E-state index contributed by atoms with van der Waals surface area (Å²) in [5.41, 5.74) is 1.53. The van der Waals surface area contributed by atoms with Crippen LogP contribution in [0, 0.1) is 11.7 Å². The molecule has 0 saturated carbocycles. The Balaban J connectivity index is 1.35. The molecule has 1 amide bonds. The molecule has 4 heterocycles. The van der Waals surface area contributed by atoms with Crippen LogP contribution in [0.4, 0.5) is 4.39 Å². The second-order valence-corrected chi connectivity index (χ2v) is 9.60. The number of halogens is 1. The molecule has 0 spiro atoms. The number of H-pyrrole nitrogens is 1. The number of nitrogens with zero attached hydrogens (tertiary/aromatic N) is 6. The Labute approximate surface area is 212 Å². The number of likely N-dealkylation sites (tertiary alicyclic amines) is 1. The number of hydrogen-bond donors (Lipinski definition) is 1. The van der Waals surface area contributed by atoms with E-state index in [1.165, 1.54) is 16.7 Å². The number of rotatable bonds is 9. The minimum Gasteiger partial charge on any atom is -0.338 e. The Morgan fingerprint density at radius 2 is 1.78 bits per heavy atom. The summed E-state index contributed by atoms with van der Waals surface area (Å²) in [4.78, 5) is 47.9. The first-order valence-electron chi connectivity index (χ1n) is 12.7. The lowest BCUT2D eigenvalue weighted by Crippen LogP contribution is -2.40. The van der Waals surface area contributed by atoms with Gasteiger partial charge in [0.05, 0.1) is 11.8 Å². The summed E-state index contributed by atoms with van der Waals surface area (Å²) in [5, 5.41) is 4.45. The lowest BCUT2D eigenvalue weighted by Gasteiger charge is -2.16. The largest absolute Gasteiger partial charge is 0.338 e. The van der Waals surface area contributed by atoms with Gasteiger partial charge >= 0.3 is 5.69 Å². The van der Waals surface area contributed by atoms with Gasteiger partial charge in [0.25, 0.3) is 5.56 Å². The average molecular weight is 508 g/mol. The molecule has 194 valence electrons. The maximum absolute atomic E-state index is 13.2. The number of aryl methyl sites for hydroxylation is 1. The minimum absolute atomic E-state index is 0.0660. The van der Waals surface area contributed by atoms with Gasteiger partial charge in [-0.25, -0.2) is 14.2 Å². The zero-order chi connectivity index (χ0) is 26.1. The van der Waals surface area contributed by atoms with Crippen LogP contribution in [-0.2, 0) is 31.0 Å². The lowest BCUT2D eigenvalue weighted by atomic mass is 10.1. The van der Waals surface area contributed by atoms with Crippen molar-refractivity contribution in [2.45, 2.75) is 59.3 Å². The van der Waals surface area contributed by atoms with E-state index in [0.717, 1.165) is 12.0 Å². The molecule has 37 heavy (non-hydrogen) atoms. The summed E-state index contributed by atoms with van der Waals surface area (Å²) in [7, 11) is 0. The molecule has 1 aliphatic rings. The third-order valence-electron chi connectivity index (χ3n) is 6.69. The highest BCUT2D eigenvalue weighted by molar-refractivity contribution is 5.78. The number of aromatic nitrogens is 6. The second kappa shape index (κ2) is 10.2. The van der Waals surface area contributed by atoms with Crippen LogP contribution in [0.5, 0.6) is 0 Å². The van der Waals surface area contributed by atoms with Crippen molar-refractivity contribution in [2.24, 2.45) is 5.92 Å². The molecular weight excluding hydrogens is 477 g/mol. The SMILES string of the molecule is CCCn1c(=O)c2[nH]c(-c3cnn(CC4CC(=O)N(Cc5ccc(F)cc5)C4)c3)nc2n(CCC)c1=O. The predicted molar refractivity (Wildman–Crippen MR) is 136 cm³/mol. The first kappa shape index (κ1) is 24.7. The number of hydrogen-bond acceptors (Lipinski definition) is 5. The highest BCUT2D eigenvalue weighted by Gasteiger charge is 2.30. The minimum atomic E-state index is -0.369. The van der Waals surface area contributed by atoms with E-state index in [9.17, 15) is 18.8 Å². The van der Waals surface area contributed by atoms with Crippen LogP contribution in [0.2, 0.25) is 0 Å². The number of imidazole rings is 1. The standard InChI is InChI=1S/C26H30FN7O3/c1-3-9-33-24-22(25(36)34(10-4-2)26(33)37)29-23(30-24)19-12-28-32(16-19)15-18-11-21(35)31(14-18)13-17-5-7-20(27)8-6-17/h5-8,12,16,18H,3-4,9-11,13-15H2,1-2H3,(H,29,30). The fourth-order valence-electron chi connectivity index (χ4n) is 4.94. The van der Waals surface area contributed by atoms with Crippen molar-refractivity contribution in [2.75, 3.05) is 6.54 Å². The zero-order valence-electron chi connectivity index (χ0n) is 21.0. The Bertz CT molecular complexity index is 1550. The van der Waals surface area contributed by atoms with E-state index in [4.69, 9.17) is 0 Å². The molecule has 5 rings (SSSR count). The number of carbonyl (C=O) groups excluding carboxylic acids is 1. The van der Waals surface area contributed by atoms with Crippen LogP contribution >= 0.6 is 0 Å². The van der Waals surface area contributed by atoms with Crippen molar-refractivity contribution in [1.29, 1.82) is 0 Å². The number of carbonyl (C=O) groups is 1. The van der Waals surface area contributed by atoms with Crippen LogP contribution < -0.4 is 11.2 Å². The summed E-state index contributed by atoms with van der Waals surface area (Å²) >= 11 is 0. The monoisotopic (exact) mass is 507 g/mol. The van der Waals surface area contributed by atoms with E-state index >= 15 is 0 Å². The molecule has 10 nitrogen and oxygen atoms in total. The van der Waals surface area contributed by atoms with E-state index in [2.05, 4.69) is 15.1 Å². The molecule has 1 atom stereocenters. The summed E-state index contributed by atoms with van der Waals surface area (Å²) in [6, 6.07) is 6.19. The molecule has 0 radical (unpaired) electrons. The molecule has 1 aromatic carbocycles. The average Bonchev–Trinajstić information content (AvgIpc) is 3.60. The summed E-state index contributed by atoms with van der Waals surface area (Å²) in [6.45, 7) is 6.31. The van der Waals surface area contributed by atoms with Gasteiger partial charge in [-0.15, -0.1) is 0 Å². The molecule has 1 saturated heterocycles. The summed E-state index contributed by atoms with van der Waals surface area (Å²) < 4.78 is 17.8. The Kier molecular flexibility index (Phi) is 6.77. The summed E-state index contributed by atoms with van der Waals surface area (Å²) in [5.74, 6) is 0.328. The van der Waals surface area contributed by atoms with Crippen LogP contribution in [-0.4, -0.2) is 46.2 Å². The van der Waals surface area contributed by atoms with Gasteiger partial charge in [0.2, 0.25) is 5.91 Å². The number of amides is 1. The van der Waals surface area contributed by atoms with Gasteiger partial charge in [-0.05, 0) is 30.5 Å². The van der Waals surface area contributed by atoms with Crippen LogP contribution in [0.3, 0.4) is 0 Å². The molecule has 0 bridgehead atoms. The van der Waals surface area contributed by atoms with Gasteiger partial charge in [0, 0.05) is 51.3 Å². The second-order valence-electron chi connectivity index (χ2n) is 9.60. The number of benzene rings is 1. The van der Waals surface area contributed by atoms with Crippen molar-refractivity contribution in [3.63, 3.8) is 0 Å². The third-order valence-corrected chi connectivity index (χ3v) is 6.69. The number of nitrogens with one attached hydrogen (secondary N) is 1. The van der Waals surface area contributed by atoms with Gasteiger partial charge < -0.3 is 9.88 Å². The molecule has 4 aromatic rings. The Morgan fingerprint density at radius 1 is 1.05 bits per heavy atom. The molecule has 11 heteroatoms. The fraction of sp³-hybridized carbons (Fsp3) is 0.423. The lowest BCUT2D eigenvalue weighted by molar-refractivity contribution is -0.128. The zero-order valence-corrected chi connectivity index (χ0v) is 21.0. The molecular formula is C26H30FN7O3. The number of fused-ring (bicyclic) bond motifs is 1. The first-order valence-corrected chi connectivity index (χ1v) is 12.7. The van der Waals surface area contributed by atoms with Crippen molar-refractivity contribution in [1.82, 2.24) is 33.8 Å². The molecule has 3 aromatic heterocycles. The van der Waals surface area contributed by atoms with E-state index in [1.54, 1.807) is 32.5 Å². The van der Waals surface area contributed by atoms with Crippen LogP contribution in [0.25, 0.3) is 22.6 Å². The molecule has 1 unspecified atom stereocenters. The maximum atomic E-state index is 13.2. The molecule has 1 N–H and O–H groups in total. The van der Waals surface area contributed by atoms with Crippen molar-refractivity contribution >= 4 is 17.1 Å². The van der Waals surface area contributed by atoms with Gasteiger partial charge in [0.1, 0.15) is 17.2 Å². The van der Waals surface area contributed by atoms with Crippen molar-refractivity contribution in [3.05, 3.63) is 68.9 Å². The maximum Gasteiger partial charge on any atom is 0.332 e. The highest BCUT2D eigenvalue weighted by atomic mass is 19.1. The summed E-state index contributed by atoms with van der Waals surface area (Å²) in [6.07, 6.45) is 5.32. The normalized spacial score (nSPS) is 15.8. The molecule has 1 fully saturated rings.